The molecule has 4 rings (SSSR count). The zero-order valence-electron chi connectivity index (χ0n) is 14.6. The predicted molar refractivity (Wildman–Crippen MR) is 106 cm³/mol. The van der Waals surface area contributed by atoms with Crippen LogP contribution in [0.3, 0.4) is 0 Å². The molecule has 0 radical (unpaired) electrons. The van der Waals surface area contributed by atoms with Crippen LogP contribution in [0.4, 0.5) is 0 Å². The Morgan fingerprint density at radius 1 is 1.00 bits per heavy atom. The third-order valence-corrected chi connectivity index (χ3v) is 5.38. The molecule has 5 nitrogen and oxygen atoms in total. The number of carbonyl (C=O) groups is 2. The van der Waals surface area contributed by atoms with Crippen molar-refractivity contribution < 1.29 is 9.59 Å². The first-order chi connectivity index (χ1) is 13.2. The van der Waals surface area contributed by atoms with E-state index in [1.807, 2.05) is 42.5 Å². The van der Waals surface area contributed by atoms with E-state index in [9.17, 15) is 9.59 Å². The Bertz CT molecular complexity index is 947. The number of thiazole rings is 1. The average Bonchev–Trinajstić information content (AvgIpc) is 3.38. The Labute approximate surface area is 161 Å². The van der Waals surface area contributed by atoms with Crippen LogP contribution in [0.25, 0.3) is 10.6 Å². The number of aromatic nitrogens is 1. The van der Waals surface area contributed by atoms with E-state index in [0.717, 1.165) is 29.0 Å². The molecule has 27 heavy (non-hydrogen) atoms. The maximum Gasteiger partial charge on any atom is 0.263 e. The highest BCUT2D eigenvalue weighted by Gasteiger charge is 2.23. The van der Waals surface area contributed by atoms with Crippen LogP contribution in [-0.2, 0) is 6.54 Å². The number of hydrogen-bond donors (Lipinski definition) is 2. The number of rotatable bonds is 6. The molecule has 6 heteroatoms. The van der Waals surface area contributed by atoms with E-state index in [-0.39, 0.29) is 11.8 Å². The molecule has 1 aromatic heterocycles. The van der Waals surface area contributed by atoms with Gasteiger partial charge in [0.15, 0.2) is 0 Å². The second-order valence-electron chi connectivity index (χ2n) is 6.52. The number of nitrogens with zero attached hydrogens (tertiary/aromatic N) is 1. The third-order valence-electron chi connectivity index (χ3n) is 4.33. The molecule has 1 fully saturated rings. The summed E-state index contributed by atoms with van der Waals surface area (Å²) < 4.78 is 0. The van der Waals surface area contributed by atoms with Gasteiger partial charge in [0.2, 0.25) is 0 Å². The first-order valence-electron chi connectivity index (χ1n) is 8.88. The summed E-state index contributed by atoms with van der Waals surface area (Å²) in [5.41, 5.74) is 2.59. The number of hydrogen-bond acceptors (Lipinski definition) is 4. The smallest absolute Gasteiger partial charge is 0.263 e. The molecule has 136 valence electrons. The van der Waals surface area contributed by atoms with Gasteiger partial charge < -0.3 is 10.6 Å². The highest BCUT2D eigenvalue weighted by molar-refractivity contribution is 7.16. The van der Waals surface area contributed by atoms with E-state index >= 15 is 0 Å². The van der Waals surface area contributed by atoms with E-state index in [2.05, 4.69) is 15.6 Å². The van der Waals surface area contributed by atoms with Crippen molar-refractivity contribution in [2.24, 2.45) is 0 Å². The summed E-state index contributed by atoms with van der Waals surface area (Å²) in [4.78, 5) is 29.3. The van der Waals surface area contributed by atoms with Gasteiger partial charge in [-0.25, -0.2) is 4.98 Å². The Morgan fingerprint density at radius 3 is 2.44 bits per heavy atom. The summed E-state index contributed by atoms with van der Waals surface area (Å²) >= 11 is 1.34. The topological polar surface area (TPSA) is 71.1 Å². The maximum absolute atomic E-state index is 12.3. The fourth-order valence-corrected chi connectivity index (χ4v) is 3.48. The van der Waals surface area contributed by atoms with Crippen LogP contribution in [0.1, 0.15) is 38.4 Å². The van der Waals surface area contributed by atoms with E-state index in [1.165, 1.54) is 11.3 Å². The van der Waals surface area contributed by atoms with Crippen LogP contribution >= 0.6 is 11.3 Å². The van der Waals surface area contributed by atoms with Crippen molar-refractivity contribution in [1.29, 1.82) is 0 Å². The Balaban J connectivity index is 1.39. The van der Waals surface area contributed by atoms with E-state index in [4.69, 9.17) is 0 Å². The minimum atomic E-state index is -0.136. The van der Waals surface area contributed by atoms with Crippen LogP contribution < -0.4 is 10.6 Å². The predicted octanol–water partition coefficient (Wildman–Crippen LogP) is 3.63. The van der Waals surface area contributed by atoms with Gasteiger partial charge in [-0.1, -0.05) is 42.5 Å². The Hall–Kier alpha value is -2.99. The van der Waals surface area contributed by atoms with Crippen LogP contribution in [0.15, 0.2) is 60.8 Å². The second kappa shape index (κ2) is 7.72. The van der Waals surface area contributed by atoms with E-state index in [1.54, 1.807) is 18.3 Å². The van der Waals surface area contributed by atoms with Gasteiger partial charge in [0.1, 0.15) is 9.88 Å². The van der Waals surface area contributed by atoms with Gasteiger partial charge in [-0.05, 0) is 30.5 Å². The highest BCUT2D eigenvalue weighted by Crippen LogP contribution is 2.26. The van der Waals surface area contributed by atoms with Crippen LogP contribution in [0.2, 0.25) is 0 Å². The second-order valence-corrected chi connectivity index (χ2v) is 7.55. The number of amides is 2. The molecule has 0 aliphatic heterocycles. The Kier molecular flexibility index (Phi) is 4.98. The minimum absolute atomic E-state index is 0.0378. The molecule has 1 aliphatic rings. The standard InChI is InChI=1S/C21H19N3O2S/c25-19(24-17-10-11-17)15-6-8-16(9-7-15)21-23-13-18(27-21)20(26)22-12-14-4-2-1-3-5-14/h1-9,13,17H,10-12H2,(H,22,26)(H,24,25). The van der Waals surface area contributed by atoms with Gasteiger partial charge in [0.25, 0.3) is 11.8 Å². The fraction of sp³-hybridized carbons (Fsp3) is 0.190. The van der Waals surface area contributed by atoms with Crippen molar-refractivity contribution in [1.82, 2.24) is 15.6 Å². The van der Waals surface area contributed by atoms with Gasteiger partial charge in [-0.15, -0.1) is 11.3 Å². The summed E-state index contributed by atoms with van der Waals surface area (Å²) in [5.74, 6) is -0.174. The quantitative estimate of drug-likeness (QED) is 0.689. The maximum atomic E-state index is 12.3. The lowest BCUT2D eigenvalue weighted by atomic mass is 10.1. The lowest BCUT2D eigenvalue weighted by Crippen LogP contribution is -2.25. The van der Waals surface area contributed by atoms with E-state index < -0.39 is 0 Å². The number of benzene rings is 2. The van der Waals surface area contributed by atoms with Crippen molar-refractivity contribution in [3.05, 3.63) is 76.8 Å². The zero-order chi connectivity index (χ0) is 18.6. The minimum Gasteiger partial charge on any atom is -0.349 e. The molecule has 0 spiro atoms. The molecule has 2 N–H and O–H groups in total. The molecule has 3 aromatic rings. The molecule has 1 aliphatic carbocycles. The average molecular weight is 377 g/mol. The highest BCUT2D eigenvalue weighted by atomic mass is 32.1. The van der Waals surface area contributed by atoms with Gasteiger partial charge >= 0.3 is 0 Å². The lowest BCUT2D eigenvalue weighted by molar-refractivity contribution is 0.0944. The summed E-state index contributed by atoms with van der Waals surface area (Å²) in [6, 6.07) is 17.4. The van der Waals surface area contributed by atoms with Crippen molar-refractivity contribution in [2.75, 3.05) is 0 Å². The summed E-state index contributed by atoms with van der Waals surface area (Å²) in [5, 5.41) is 6.64. The van der Waals surface area contributed by atoms with Crippen molar-refractivity contribution in [3.63, 3.8) is 0 Å². The molecule has 0 atom stereocenters. The van der Waals surface area contributed by atoms with Gasteiger partial charge in [-0.3, -0.25) is 9.59 Å². The number of carbonyl (C=O) groups excluding carboxylic acids is 2. The molecule has 0 saturated heterocycles. The van der Waals surface area contributed by atoms with E-state index in [0.29, 0.717) is 23.0 Å². The molecular formula is C21H19N3O2S. The van der Waals surface area contributed by atoms with Crippen molar-refractivity contribution in [3.8, 4) is 10.6 Å². The lowest BCUT2D eigenvalue weighted by Gasteiger charge is -2.04. The molecule has 0 unspecified atom stereocenters. The molecule has 1 heterocycles. The number of nitrogens with one attached hydrogen (secondary N) is 2. The zero-order valence-corrected chi connectivity index (χ0v) is 15.5. The fourth-order valence-electron chi connectivity index (χ4n) is 2.64. The monoisotopic (exact) mass is 377 g/mol. The summed E-state index contributed by atoms with van der Waals surface area (Å²) in [6.07, 6.45) is 3.73. The molecule has 2 amide bonds. The third kappa shape index (κ3) is 4.41. The van der Waals surface area contributed by atoms with Crippen molar-refractivity contribution >= 4 is 23.2 Å². The first kappa shape index (κ1) is 17.4. The first-order valence-corrected chi connectivity index (χ1v) is 9.70. The molecule has 2 aromatic carbocycles. The van der Waals surface area contributed by atoms with Crippen LogP contribution in [0, 0.1) is 0 Å². The molecular weight excluding hydrogens is 358 g/mol. The molecule has 0 bridgehead atoms. The van der Waals surface area contributed by atoms with Crippen LogP contribution in [0.5, 0.6) is 0 Å². The van der Waals surface area contributed by atoms with Crippen molar-refractivity contribution in [2.45, 2.75) is 25.4 Å². The van der Waals surface area contributed by atoms with Gasteiger partial charge in [0, 0.05) is 23.7 Å². The summed E-state index contributed by atoms with van der Waals surface area (Å²) in [6.45, 7) is 0.484. The Morgan fingerprint density at radius 2 is 1.74 bits per heavy atom. The van der Waals surface area contributed by atoms with Gasteiger partial charge in [-0.2, -0.15) is 0 Å². The summed E-state index contributed by atoms with van der Waals surface area (Å²) in [7, 11) is 0. The van der Waals surface area contributed by atoms with Crippen LogP contribution in [-0.4, -0.2) is 22.8 Å². The SMILES string of the molecule is O=C(NC1CC1)c1ccc(-c2ncc(C(=O)NCc3ccccc3)s2)cc1. The normalized spacial score (nSPS) is 13.2. The molecule has 1 saturated carbocycles. The largest absolute Gasteiger partial charge is 0.349 e. The van der Waals surface area contributed by atoms with Gasteiger partial charge in [0.05, 0.1) is 6.20 Å².